The number of halogens is 1. The van der Waals surface area contributed by atoms with Crippen molar-refractivity contribution < 1.29 is 9.72 Å². The number of nitrogens with zero attached hydrogens (tertiary/aromatic N) is 5. The van der Waals surface area contributed by atoms with Gasteiger partial charge in [-0.2, -0.15) is 10.2 Å². The van der Waals surface area contributed by atoms with Gasteiger partial charge in [0.25, 0.3) is 0 Å². The highest BCUT2D eigenvalue weighted by atomic mass is 79.9. The van der Waals surface area contributed by atoms with E-state index in [0.29, 0.717) is 17.9 Å². The van der Waals surface area contributed by atoms with Gasteiger partial charge in [-0.3, -0.25) is 24.3 Å². The van der Waals surface area contributed by atoms with Crippen LogP contribution in [0, 0.1) is 30.9 Å². The van der Waals surface area contributed by atoms with Gasteiger partial charge in [-0.15, -0.1) is 0 Å². The molecule has 0 atom stereocenters. The normalized spacial score (nSPS) is 10.9. The van der Waals surface area contributed by atoms with E-state index in [4.69, 9.17) is 0 Å². The summed E-state index contributed by atoms with van der Waals surface area (Å²) in [4.78, 5) is 22.7. The Labute approximate surface area is 176 Å². The number of nitrogens with one attached hydrogen (secondary N) is 1. The van der Waals surface area contributed by atoms with Gasteiger partial charge in [0.1, 0.15) is 11.9 Å². The first-order valence-electron chi connectivity index (χ1n) is 9.01. The molecule has 0 saturated heterocycles. The zero-order valence-corrected chi connectivity index (χ0v) is 17.9. The molecule has 29 heavy (non-hydrogen) atoms. The zero-order chi connectivity index (χ0) is 21.1. The van der Waals surface area contributed by atoms with E-state index in [9.17, 15) is 14.9 Å². The molecular formula is C19H21BrN6O3. The van der Waals surface area contributed by atoms with Crippen molar-refractivity contribution in [3.63, 3.8) is 0 Å². The molecule has 0 saturated carbocycles. The van der Waals surface area contributed by atoms with E-state index in [1.165, 1.54) is 10.9 Å². The molecule has 1 aromatic carbocycles. The van der Waals surface area contributed by atoms with E-state index in [2.05, 4.69) is 31.4 Å². The summed E-state index contributed by atoms with van der Waals surface area (Å²) in [5, 5.41) is 22.2. The summed E-state index contributed by atoms with van der Waals surface area (Å²) in [6.07, 6.45) is 1.36. The lowest BCUT2D eigenvalue weighted by Gasteiger charge is -2.09. The number of anilines is 1. The van der Waals surface area contributed by atoms with Crippen LogP contribution in [0.4, 0.5) is 11.4 Å². The summed E-state index contributed by atoms with van der Waals surface area (Å²) < 4.78 is 4.37. The van der Waals surface area contributed by atoms with Crippen LogP contribution in [0.2, 0.25) is 0 Å². The average Bonchev–Trinajstić information content (AvgIpc) is 3.15. The van der Waals surface area contributed by atoms with Crippen LogP contribution in [0.15, 0.2) is 34.9 Å². The third-order valence-electron chi connectivity index (χ3n) is 4.66. The quantitative estimate of drug-likeness (QED) is 0.426. The molecule has 152 valence electrons. The Hall–Kier alpha value is -3.01. The summed E-state index contributed by atoms with van der Waals surface area (Å²) in [5.41, 5.74) is 4.06. The lowest BCUT2D eigenvalue weighted by Crippen LogP contribution is -2.16. The number of hydrogen-bond donors (Lipinski definition) is 1. The monoisotopic (exact) mass is 460 g/mol. The highest BCUT2D eigenvalue weighted by molar-refractivity contribution is 9.10. The van der Waals surface area contributed by atoms with Crippen molar-refractivity contribution in [1.82, 2.24) is 19.6 Å². The van der Waals surface area contributed by atoms with Crippen molar-refractivity contribution in [1.29, 1.82) is 0 Å². The Morgan fingerprint density at radius 2 is 2.00 bits per heavy atom. The van der Waals surface area contributed by atoms with Gasteiger partial charge in [-0.25, -0.2) is 0 Å². The Morgan fingerprint density at radius 3 is 2.62 bits per heavy atom. The van der Waals surface area contributed by atoms with Crippen molar-refractivity contribution in [2.24, 2.45) is 0 Å². The van der Waals surface area contributed by atoms with Gasteiger partial charge >= 0.3 is 5.69 Å². The van der Waals surface area contributed by atoms with Crippen molar-refractivity contribution in [2.75, 3.05) is 5.32 Å². The molecule has 0 aliphatic carbocycles. The van der Waals surface area contributed by atoms with Crippen molar-refractivity contribution >= 4 is 33.2 Å². The third kappa shape index (κ3) is 4.70. The predicted octanol–water partition coefficient (Wildman–Crippen LogP) is 3.75. The smallest absolute Gasteiger partial charge is 0.309 e. The molecule has 2 heterocycles. The maximum absolute atomic E-state index is 12.3. The number of amides is 1. The Balaban J connectivity index is 1.61. The third-order valence-corrected chi connectivity index (χ3v) is 5.81. The van der Waals surface area contributed by atoms with E-state index < -0.39 is 4.92 Å². The van der Waals surface area contributed by atoms with E-state index in [1.54, 1.807) is 6.92 Å². The number of benzene rings is 1. The molecular weight excluding hydrogens is 440 g/mol. The fraction of sp³-hybridized carbons (Fsp3) is 0.316. The number of hydrogen-bond acceptors (Lipinski definition) is 5. The average molecular weight is 461 g/mol. The molecule has 0 aliphatic heterocycles. The van der Waals surface area contributed by atoms with Gasteiger partial charge in [-0.1, -0.05) is 12.1 Å². The lowest BCUT2D eigenvalue weighted by molar-refractivity contribution is -0.385. The van der Waals surface area contributed by atoms with Crippen LogP contribution >= 0.6 is 15.9 Å². The predicted molar refractivity (Wildman–Crippen MR) is 112 cm³/mol. The van der Waals surface area contributed by atoms with Crippen LogP contribution in [0.5, 0.6) is 0 Å². The van der Waals surface area contributed by atoms with E-state index >= 15 is 0 Å². The minimum Gasteiger partial charge on any atom is -0.326 e. The van der Waals surface area contributed by atoms with Crippen LogP contribution < -0.4 is 5.32 Å². The van der Waals surface area contributed by atoms with Gasteiger partial charge in [0.15, 0.2) is 0 Å². The lowest BCUT2D eigenvalue weighted by atomic mass is 10.2. The van der Waals surface area contributed by atoms with E-state index in [-0.39, 0.29) is 24.6 Å². The van der Waals surface area contributed by atoms with Crippen LogP contribution in [0.3, 0.4) is 0 Å². The highest BCUT2D eigenvalue weighted by Gasteiger charge is 2.16. The maximum atomic E-state index is 12.3. The molecule has 9 nitrogen and oxygen atoms in total. The number of rotatable bonds is 7. The van der Waals surface area contributed by atoms with Crippen LogP contribution in [0.1, 0.15) is 29.1 Å². The Morgan fingerprint density at radius 1 is 1.24 bits per heavy atom. The Bertz CT molecular complexity index is 1070. The van der Waals surface area contributed by atoms with Crippen molar-refractivity contribution in [2.45, 2.75) is 40.3 Å². The summed E-state index contributed by atoms with van der Waals surface area (Å²) in [6, 6.07) is 7.59. The minimum absolute atomic E-state index is 0.0473. The number of nitro groups is 1. The molecule has 3 rings (SSSR count). The first-order valence-corrected chi connectivity index (χ1v) is 9.80. The molecule has 0 spiro atoms. The first-order chi connectivity index (χ1) is 13.8. The number of aryl methyl sites for hydroxylation is 2. The molecule has 0 bridgehead atoms. The van der Waals surface area contributed by atoms with Crippen LogP contribution in [-0.2, 0) is 17.9 Å². The summed E-state index contributed by atoms with van der Waals surface area (Å²) >= 11 is 3.53. The number of carbonyl (C=O) groups excluding carboxylic acids is 1. The SMILES string of the molecule is Cc1nn(Cc2cccc(NC(=O)CCn3ncc([N+](=O)[O-])c3C)c2)c(C)c1Br. The van der Waals surface area contributed by atoms with E-state index in [1.807, 2.05) is 42.8 Å². The second-order valence-corrected chi connectivity index (χ2v) is 7.53. The second-order valence-electron chi connectivity index (χ2n) is 6.74. The Kier molecular flexibility index (Phi) is 6.12. The van der Waals surface area contributed by atoms with Crippen molar-refractivity contribution in [3.05, 3.63) is 67.7 Å². The molecule has 3 aromatic rings. The topological polar surface area (TPSA) is 108 Å². The minimum atomic E-state index is -0.480. The number of carbonyl (C=O) groups is 1. The van der Waals surface area contributed by atoms with Gasteiger partial charge in [0.05, 0.1) is 33.9 Å². The molecule has 2 aromatic heterocycles. The molecule has 0 fully saturated rings. The fourth-order valence-corrected chi connectivity index (χ4v) is 3.31. The van der Waals surface area contributed by atoms with Crippen LogP contribution in [-0.4, -0.2) is 30.4 Å². The van der Waals surface area contributed by atoms with Gasteiger partial charge in [0, 0.05) is 12.1 Å². The molecule has 1 N–H and O–H groups in total. The molecule has 0 radical (unpaired) electrons. The maximum Gasteiger partial charge on any atom is 0.309 e. The summed E-state index contributed by atoms with van der Waals surface area (Å²) in [5.74, 6) is -0.187. The van der Waals surface area contributed by atoms with Gasteiger partial charge < -0.3 is 5.32 Å². The van der Waals surface area contributed by atoms with Crippen molar-refractivity contribution in [3.8, 4) is 0 Å². The van der Waals surface area contributed by atoms with Crippen LogP contribution in [0.25, 0.3) is 0 Å². The first kappa shape index (κ1) is 20.7. The zero-order valence-electron chi connectivity index (χ0n) is 16.3. The molecule has 0 unspecified atom stereocenters. The molecule has 0 aliphatic rings. The van der Waals surface area contributed by atoms with Gasteiger partial charge in [-0.05, 0) is 54.4 Å². The van der Waals surface area contributed by atoms with Gasteiger partial charge in [0.2, 0.25) is 5.91 Å². The second kappa shape index (κ2) is 8.56. The van der Waals surface area contributed by atoms with E-state index in [0.717, 1.165) is 21.4 Å². The molecule has 1 amide bonds. The standard InChI is InChI=1S/C19H21BrN6O3/c1-12-19(20)14(3)25(23-12)11-15-5-4-6-16(9-15)22-18(27)7-8-24-13(2)17(10-21-24)26(28)29/h4-6,9-10H,7-8,11H2,1-3H3,(H,22,27). The molecule has 10 heteroatoms. The highest BCUT2D eigenvalue weighted by Crippen LogP contribution is 2.21. The largest absolute Gasteiger partial charge is 0.326 e. The summed E-state index contributed by atoms with van der Waals surface area (Å²) in [7, 11) is 0. The fourth-order valence-electron chi connectivity index (χ4n) is 3.02. The summed E-state index contributed by atoms with van der Waals surface area (Å²) in [6.45, 7) is 6.42. The number of aromatic nitrogens is 4.